The molecule has 0 spiro atoms. The topological polar surface area (TPSA) is 58.4 Å². The number of benzene rings is 1. The molecule has 20 heavy (non-hydrogen) atoms. The van der Waals surface area contributed by atoms with E-state index in [-0.39, 0.29) is 10.7 Å². The van der Waals surface area contributed by atoms with E-state index < -0.39 is 4.92 Å². The molecule has 1 aliphatic rings. The van der Waals surface area contributed by atoms with Gasteiger partial charge in [-0.2, -0.15) is 0 Å². The lowest BCUT2D eigenvalue weighted by molar-refractivity contribution is -0.384. The van der Waals surface area contributed by atoms with Crippen LogP contribution in [0.3, 0.4) is 0 Å². The second kappa shape index (κ2) is 5.97. The van der Waals surface area contributed by atoms with E-state index in [4.69, 9.17) is 11.6 Å². The molecule has 3 atom stereocenters. The van der Waals surface area contributed by atoms with Crippen molar-refractivity contribution < 1.29 is 4.92 Å². The van der Waals surface area contributed by atoms with Crippen LogP contribution in [0, 0.1) is 16.0 Å². The van der Waals surface area contributed by atoms with Crippen LogP contribution in [0.15, 0.2) is 18.2 Å². The third-order valence-electron chi connectivity index (χ3n) is 4.11. The van der Waals surface area contributed by atoms with Crippen LogP contribution in [0.2, 0.25) is 5.02 Å². The van der Waals surface area contributed by atoms with Gasteiger partial charge in [-0.05, 0) is 38.4 Å². The number of halogens is 1. The van der Waals surface area contributed by atoms with Gasteiger partial charge in [-0.3, -0.25) is 10.1 Å². The molecule has 0 aliphatic carbocycles. The second-order valence-electron chi connectivity index (χ2n) is 5.68. The van der Waals surface area contributed by atoms with Crippen LogP contribution >= 0.6 is 11.6 Å². The Balaban J connectivity index is 2.10. The predicted molar refractivity (Wildman–Crippen MR) is 81.4 cm³/mol. The van der Waals surface area contributed by atoms with E-state index in [1.54, 1.807) is 12.1 Å². The van der Waals surface area contributed by atoms with Gasteiger partial charge in [0.15, 0.2) is 0 Å². The molecule has 1 N–H and O–H groups in total. The summed E-state index contributed by atoms with van der Waals surface area (Å²) in [6, 6.07) is 5.69. The number of nitro groups is 1. The molecule has 1 aromatic rings. The summed E-state index contributed by atoms with van der Waals surface area (Å²) in [4.78, 5) is 12.6. The van der Waals surface area contributed by atoms with E-state index in [1.165, 1.54) is 6.07 Å². The summed E-state index contributed by atoms with van der Waals surface area (Å²) in [7, 11) is 2.14. The average Bonchev–Trinajstić information content (AvgIpc) is 2.35. The van der Waals surface area contributed by atoms with Crippen LogP contribution in [0.4, 0.5) is 11.4 Å². The fraction of sp³-hybridized carbons (Fsp3) is 0.571. The summed E-state index contributed by atoms with van der Waals surface area (Å²) in [5.41, 5.74) is 0.788. The normalized spacial score (nSPS) is 27.3. The third kappa shape index (κ3) is 3.22. The highest BCUT2D eigenvalue weighted by Crippen LogP contribution is 2.30. The number of nitrogens with one attached hydrogen (secondary N) is 1. The molecule has 6 heteroatoms. The van der Waals surface area contributed by atoms with Crippen LogP contribution in [0.5, 0.6) is 0 Å². The minimum Gasteiger partial charge on any atom is -0.382 e. The standard InChI is InChI=1S/C14H20ClN3O2/c1-9-8-17(3)10(2)6-13(9)16-11-4-5-14(18(19)20)12(15)7-11/h4-5,7,9-10,13,16H,6,8H2,1-3H3. The van der Waals surface area contributed by atoms with Crippen molar-refractivity contribution in [2.45, 2.75) is 32.4 Å². The highest BCUT2D eigenvalue weighted by molar-refractivity contribution is 6.32. The van der Waals surface area contributed by atoms with Crippen molar-refractivity contribution in [1.82, 2.24) is 4.90 Å². The summed E-state index contributed by atoms with van der Waals surface area (Å²) >= 11 is 5.94. The molecule has 2 rings (SSSR count). The number of hydrogen-bond donors (Lipinski definition) is 1. The van der Waals surface area contributed by atoms with Gasteiger partial charge in [0.2, 0.25) is 0 Å². The Kier molecular flexibility index (Phi) is 4.50. The van der Waals surface area contributed by atoms with E-state index in [0.717, 1.165) is 18.7 Å². The van der Waals surface area contributed by atoms with Crippen LogP contribution in [0.25, 0.3) is 0 Å². The fourth-order valence-corrected chi connectivity index (χ4v) is 2.95. The van der Waals surface area contributed by atoms with E-state index in [2.05, 4.69) is 31.1 Å². The number of nitrogens with zero attached hydrogens (tertiary/aromatic N) is 2. The maximum absolute atomic E-state index is 10.7. The van der Waals surface area contributed by atoms with Crippen LogP contribution < -0.4 is 5.32 Å². The molecule has 110 valence electrons. The molecule has 3 unspecified atom stereocenters. The molecule has 5 nitrogen and oxygen atoms in total. The van der Waals surface area contributed by atoms with Crippen molar-refractivity contribution in [1.29, 1.82) is 0 Å². The predicted octanol–water partition coefficient (Wildman–Crippen LogP) is 3.39. The van der Waals surface area contributed by atoms with Gasteiger partial charge in [-0.25, -0.2) is 0 Å². The van der Waals surface area contributed by atoms with Crippen molar-refractivity contribution in [2.75, 3.05) is 18.9 Å². The lowest BCUT2D eigenvalue weighted by atomic mass is 9.89. The van der Waals surface area contributed by atoms with Crippen molar-refractivity contribution in [3.8, 4) is 0 Å². The Morgan fingerprint density at radius 2 is 2.15 bits per heavy atom. The minimum absolute atomic E-state index is 0.0537. The molecule has 1 heterocycles. The van der Waals surface area contributed by atoms with Gasteiger partial charge in [0.25, 0.3) is 5.69 Å². The van der Waals surface area contributed by atoms with Crippen molar-refractivity contribution in [3.63, 3.8) is 0 Å². The number of likely N-dealkylation sites (tertiary alicyclic amines) is 1. The van der Waals surface area contributed by atoms with E-state index >= 15 is 0 Å². The summed E-state index contributed by atoms with van der Waals surface area (Å²) in [5, 5.41) is 14.4. The van der Waals surface area contributed by atoms with Gasteiger partial charge in [-0.1, -0.05) is 18.5 Å². The molecular weight excluding hydrogens is 278 g/mol. The highest BCUT2D eigenvalue weighted by Gasteiger charge is 2.28. The zero-order valence-electron chi connectivity index (χ0n) is 12.0. The first-order valence-corrected chi connectivity index (χ1v) is 7.17. The van der Waals surface area contributed by atoms with Gasteiger partial charge in [0.05, 0.1) is 4.92 Å². The Morgan fingerprint density at radius 3 is 2.75 bits per heavy atom. The Bertz CT molecular complexity index is 509. The maximum atomic E-state index is 10.7. The van der Waals surface area contributed by atoms with Crippen molar-refractivity contribution in [2.24, 2.45) is 5.92 Å². The lowest BCUT2D eigenvalue weighted by Crippen LogP contribution is -2.48. The van der Waals surface area contributed by atoms with Crippen LogP contribution in [-0.2, 0) is 0 Å². The number of nitro benzene ring substituents is 1. The number of piperidine rings is 1. The quantitative estimate of drug-likeness (QED) is 0.686. The Morgan fingerprint density at radius 1 is 1.45 bits per heavy atom. The molecule has 0 saturated carbocycles. The monoisotopic (exact) mass is 297 g/mol. The summed E-state index contributed by atoms with van der Waals surface area (Å²) in [6.45, 7) is 5.47. The number of anilines is 1. The summed E-state index contributed by atoms with van der Waals surface area (Å²) in [6.07, 6.45) is 1.05. The third-order valence-corrected chi connectivity index (χ3v) is 4.41. The van der Waals surface area contributed by atoms with E-state index in [1.807, 2.05) is 0 Å². The van der Waals surface area contributed by atoms with E-state index in [0.29, 0.717) is 18.0 Å². The van der Waals surface area contributed by atoms with Gasteiger partial charge >= 0.3 is 0 Å². The largest absolute Gasteiger partial charge is 0.382 e. The first kappa shape index (κ1) is 15.1. The number of hydrogen-bond acceptors (Lipinski definition) is 4. The molecule has 1 saturated heterocycles. The first-order chi connectivity index (χ1) is 9.38. The molecule has 0 radical (unpaired) electrons. The Labute approximate surface area is 124 Å². The molecular formula is C14H20ClN3O2. The fourth-order valence-electron chi connectivity index (χ4n) is 2.70. The molecule has 0 amide bonds. The smallest absolute Gasteiger partial charge is 0.288 e. The molecule has 1 aliphatic heterocycles. The van der Waals surface area contributed by atoms with E-state index in [9.17, 15) is 10.1 Å². The van der Waals surface area contributed by atoms with Crippen LogP contribution in [-0.4, -0.2) is 35.5 Å². The average molecular weight is 298 g/mol. The minimum atomic E-state index is -0.466. The molecule has 0 bridgehead atoms. The van der Waals surface area contributed by atoms with Gasteiger partial charge in [0, 0.05) is 30.4 Å². The summed E-state index contributed by atoms with van der Waals surface area (Å²) < 4.78 is 0. The molecule has 1 aromatic carbocycles. The second-order valence-corrected chi connectivity index (χ2v) is 6.08. The van der Waals surface area contributed by atoms with Crippen LogP contribution in [0.1, 0.15) is 20.3 Å². The van der Waals surface area contributed by atoms with Crippen molar-refractivity contribution in [3.05, 3.63) is 33.3 Å². The highest BCUT2D eigenvalue weighted by atomic mass is 35.5. The zero-order chi connectivity index (χ0) is 14.9. The zero-order valence-corrected chi connectivity index (χ0v) is 12.7. The maximum Gasteiger partial charge on any atom is 0.288 e. The van der Waals surface area contributed by atoms with Gasteiger partial charge in [0.1, 0.15) is 5.02 Å². The summed E-state index contributed by atoms with van der Waals surface area (Å²) in [5.74, 6) is 0.519. The van der Waals surface area contributed by atoms with Gasteiger partial charge < -0.3 is 10.2 Å². The SMILES string of the molecule is CC1CN(C)C(C)CC1Nc1ccc([N+](=O)[O-])c(Cl)c1. The van der Waals surface area contributed by atoms with Crippen molar-refractivity contribution >= 4 is 23.0 Å². The van der Waals surface area contributed by atoms with Gasteiger partial charge in [-0.15, -0.1) is 0 Å². The lowest BCUT2D eigenvalue weighted by Gasteiger charge is -2.40. The first-order valence-electron chi connectivity index (χ1n) is 6.79. The number of rotatable bonds is 3. The Hall–Kier alpha value is -1.33. The molecule has 1 fully saturated rings. The molecule has 0 aromatic heterocycles.